The van der Waals surface area contributed by atoms with Crippen LogP contribution in [0.3, 0.4) is 0 Å². The van der Waals surface area contributed by atoms with E-state index in [1.807, 2.05) is 32.2 Å². The fourth-order valence-electron chi connectivity index (χ4n) is 2.09. The maximum atomic E-state index is 5.69. The highest BCUT2D eigenvalue weighted by molar-refractivity contribution is 5.42. The van der Waals surface area contributed by atoms with Crippen LogP contribution in [0.15, 0.2) is 41.0 Å². The highest BCUT2D eigenvalue weighted by Crippen LogP contribution is 2.31. The summed E-state index contributed by atoms with van der Waals surface area (Å²) in [5.74, 6) is 1.79. The van der Waals surface area contributed by atoms with Crippen LogP contribution in [-0.2, 0) is 0 Å². The van der Waals surface area contributed by atoms with Crippen LogP contribution in [0.2, 0.25) is 0 Å². The largest absolute Gasteiger partial charge is 0.494 e. The van der Waals surface area contributed by atoms with Gasteiger partial charge < -0.3 is 14.5 Å². The Kier molecular flexibility index (Phi) is 4.05. The average Bonchev–Trinajstić information content (AvgIpc) is 2.87. The molecule has 18 heavy (non-hydrogen) atoms. The molecule has 1 aromatic carbocycles. The van der Waals surface area contributed by atoms with Gasteiger partial charge in [0.1, 0.15) is 11.5 Å². The first-order valence-electron chi connectivity index (χ1n) is 6.20. The third kappa shape index (κ3) is 2.57. The number of furan rings is 1. The number of rotatable bonds is 5. The smallest absolute Gasteiger partial charge is 0.125 e. The van der Waals surface area contributed by atoms with E-state index < -0.39 is 0 Å². The van der Waals surface area contributed by atoms with Gasteiger partial charge in [0.15, 0.2) is 0 Å². The summed E-state index contributed by atoms with van der Waals surface area (Å²) in [6, 6.07) is 10.1. The van der Waals surface area contributed by atoms with Crippen LogP contribution >= 0.6 is 0 Å². The highest BCUT2D eigenvalue weighted by Gasteiger charge is 2.19. The Hall–Kier alpha value is -1.74. The van der Waals surface area contributed by atoms with E-state index in [1.165, 1.54) is 5.56 Å². The Morgan fingerprint density at radius 3 is 2.78 bits per heavy atom. The molecule has 3 nitrogen and oxygen atoms in total. The van der Waals surface area contributed by atoms with Gasteiger partial charge in [-0.3, -0.25) is 0 Å². The standard InChI is InChI=1S/C15H19NO2/c1-4-17-13-8-7-11(2)10-12(13)15(16-3)14-6-5-9-18-14/h5-10,15-16H,4H2,1-3H3. The molecule has 0 fully saturated rings. The molecule has 0 aliphatic carbocycles. The molecule has 0 saturated carbocycles. The Bertz CT molecular complexity index is 491. The Morgan fingerprint density at radius 1 is 1.33 bits per heavy atom. The van der Waals surface area contributed by atoms with E-state index in [0.717, 1.165) is 17.1 Å². The topological polar surface area (TPSA) is 34.4 Å². The normalized spacial score (nSPS) is 12.4. The summed E-state index contributed by atoms with van der Waals surface area (Å²) in [5.41, 5.74) is 2.31. The molecule has 0 spiro atoms. The first-order chi connectivity index (χ1) is 8.76. The summed E-state index contributed by atoms with van der Waals surface area (Å²) in [4.78, 5) is 0. The van der Waals surface area contributed by atoms with E-state index in [2.05, 4.69) is 24.4 Å². The van der Waals surface area contributed by atoms with Crippen molar-refractivity contribution >= 4 is 0 Å². The van der Waals surface area contributed by atoms with Crippen LogP contribution in [0, 0.1) is 6.92 Å². The summed E-state index contributed by atoms with van der Waals surface area (Å²) in [6.07, 6.45) is 1.69. The van der Waals surface area contributed by atoms with Crippen LogP contribution in [0.25, 0.3) is 0 Å². The molecule has 0 radical (unpaired) electrons. The number of aryl methyl sites for hydroxylation is 1. The van der Waals surface area contributed by atoms with Gasteiger partial charge in [-0.25, -0.2) is 0 Å². The zero-order valence-corrected chi connectivity index (χ0v) is 11.1. The molecular weight excluding hydrogens is 226 g/mol. The fraction of sp³-hybridized carbons (Fsp3) is 0.333. The van der Waals surface area contributed by atoms with Crippen LogP contribution in [-0.4, -0.2) is 13.7 Å². The van der Waals surface area contributed by atoms with Crippen molar-refractivity contribution in [2.45, 2.75) is 19.9 Å². The van der Waals surface area contributed by atoms with E-state index in [4.69, 9.17) is 9.15 Å². The second-order valence-electron chi connectivity index (χ2n) is 4.21. The van der Waals surface area contributed by atoms with Gasteiger partial charge in [0.05, 0.1) is 18.9 Å². The predicted octanol–water partition coefficient (Wildman–Crippen LogP) is 3.30. The summed E-state index contributed by atoms with van der Waals surface area (Å²) < 4.78 is 11.2. The van der Waals surface area contributed by atoms with Crippen molar-refractivity contribution in [3.63, 3.8) is 0 Å². The van der Waals surface area contributed by atoms with E-state index >= 15 is 0 Å². The quantitative estimate of drug-likeness (QED) is 0.877. The third-order valence-electron chi connectivity index (χ3n) is 2.89. The number of hydrogen-bond acceptors (Lipinski definition) is 3. The van der Waals surface area contributed by atoms with E-state index in [9.17, 15) is 0 Å². The second kappa shape index (κ2) is 5.74. The highest BCUT2D eigenvalue weighted by atomic mass is 16.5. The van der Waals surface area contributed by atoms with Gasteiger partial charge in [-0.2, -0.15) is 0 Å². The van der Waals surface area contributed by atoms with Crippen molar-refractivity contribution in [3.05, 3.63) is 53.5 Å². The van der Waals surface area contributed by atoms with Crippen LogP contribution < -0.4 is 10.1 Å². The number of hydrogen-bond donors (Lipinski definition) is 1. The first kappa shape index (κ1) is 12.7. The molecule has 0 aliphatic rings. The molecule has 96 valence electrons. The monoisotopic (exact) mass is 245 g/mol. The molecule has 2 rings (SSSR count). The minimum Gasteiger partial charge on any atom is -0.494 e. The van der Waals surface area contributed by atoms with Crippen molar-refractivity contribution in [2.75, 3.05) is 13.7 Å². The molecule has 3 heteroatoms. The van der Waals surface area contributed by atoms with Crippen LogP contribution in [0.4, 0.5) is 0 Å². The molecule has 1 unspecified atom stereocenters. The fourth-order valence-corrected chi connectivity index (χ4v) is 2.09. The van der Waals surface area contributed by atoms with Crippen molar-refractivity contribution < 1.29 is 9.15 Å². The minimum atomic E-state index is 0.0152. The Morgan fingerprint density at radius 2 is 2.17 bits per heavy atom. The zero-order valence-electron chi connectivity index (χ0n) is 11.1. The van der Waals surface area contributed by atoms with Gasteiger partial charge >= 0.3 is 0 Å². The van der Waals surface area contributed by atoms with Gasteiger partial charge in [-0.05, 0) is 39.1 Å². The molecule has 1 aromatic heterocycles. The van der Waals surface area contributed by atoms with E-state index in [1.54, 1.807) is 6.26 Å². The maximum Gasteiger partial charge on any atom is 0.125 e. The molecule has 1 N–H and O–H groups in total. The summed E-state index contributed by atoms with van der Waals surface area (Å²) in [7, 11) is 1.92. The molecule has 0 aliphatic heterocycles. The van der Waals surface area contributed by atoms with Crippen molar-refractivity contribution in [3.8, 4) is 5.75 Å². The zero-order chi connectivity index (χ0) is 13.0. The molecule has 0 amide bonds. The molecule has 2 aromatic rings. The third-order valence-corrected chi connectivity index (χ3v) is 2.89. The Labute approximate surface area is 108 Å². The van der Waals surface area contributed by atoms with Gasteiger partial charge in [-0.15, -0.1) is 0 Å². The SMILES string of the molecule is CCOc1ccc(C)cc1C(NC)c1ccco1. The lowest BCUT2D eigenvalue weighted by molar-refractivity contribution is 0.331. The molecule has 0 saturated heterocycles. The number of benzene rings is 1. The first-order valence-corrected chi connectivity index (χ1v) is 6.20. The molecule has 0 bridgehead atoms. The van der Waals surface area contributed by atoms with Crippen molar-refractivity contribution in [2.24, 2.45) is 0 Å². The lowest BCUT2D eigenvalue weighted by atomic mass is 10.0. The Balaban J connectivity index is 2.43. The van der Waals surface area contributed by atoms with Gasteiger partial charge in [-0.1, -0.05) is 17.7 Å². The summed E-state index contributed by atoms with van der Waals surface area (Å²) >= 11 is 0. The number of nitrogens with one attached hydrogen (secondary N) is 1. The molecule has 1 heterocycles. The maximum absolute atomic E-state index is 5.69. The van der Waals surface area contributed by atoms with Crippen LogP contribution in [0.5, 0.6) is 5.75 Å². The van der Waals surface area contributed by atoms with E-state index in [-0.39, 0.29) is 6.04 Å². The lowest BCUT2D eigenvalue weighted by Gasteiger charge is -2.18. The molecule has 1 atom stereocenters. The summed E-state index contributed by atoms with van der Waals surface area (Å²) in [5, 5.41) is 3.27. The second-order valence-corrected chi connectivity index (χ2v) is 4.21. The number of ether oxygens (including phenoxy) is 1. The molecular formula is C15H19NO2. The van der Waals surface area contributed by atoms with Crippen molar-refractivity contribution in [1.82, 2.24) is 5.32 Å². The van der Waals surface area contributed by atoms with Gasteiger partial charge in [0, 0.05) is 5.56 Å². The van der Waals surface area contributed by atoms with Gasteiger partial charge in [0.2, 0.25) is 0 Å². The summed E-state index contributed by atoms with van der Waals surface area (Å²) in [6.45, 7) is 4.73. The van der Waals surface area contributed by atoms with Crippen molar-refractivity contribution in [1.29, 1.82) is 0 Å². The lowest BCUT2D eigenvalue weighted by Crippen LogP contribution is -2.18. The van der Waals surface area contributed by atoms with Crippen LogP contribution in [0.1, 0.15) is 29.9 Å². The predicted molar refractivity (Wildman–Crippen MR) is 72.0 cm³/mol. The van der Waals surface area contributed by atoms with Gasteiger partial charge in [0.25, 0.3) is 0 Å². The van der Waals surface area contributed by atoms with E-state index in [0.29, 0.717) is 6.61 Å². The average molecular weight is 245 g/mol. The minimum absolute atomic E-state index is 0.0152.